The fourth-order valence-electron chi connectivity index (χ4n) is 3.20. The quantitative estimate of drug-likeness (QED) is 0.366. The van der Waals surface area contributed by atoms with Crippen LogP contribution in [0.1, 0.15) is 22.3 Å². The number of nitrogens with one attached hydrogen (secondary N) is 2. The number of hydrogen-bond donors (Lipinski definition) is 0. The summed E-state index contributed by atoms with van der Waals surface area (Å²) in [5.74, 6) is 0. The molecule has 128 valence electrons. The molecular weight excluding hydrogens is 762 g/mol. The SMILES string of the molecule is CN1Cc2c([NH-])ccc(Cl)c2C1.CN1Cc2cccc([NH-])c2C1.[Ac].[Ac]. The van der Waals surface area contributed by atoms with Gasteiger partial charge in [0, 0.05) is 119 Å². The van der Waals surface area contributed by atoms with Gasteiger partial charge in [0.05, 0.1) is 0 Å². The Hall–Kier alpha value is 1.13. The van der Waals surface area contributed by atoms with Crippen molar-refractivity contribution in [3.8, 4) is 0 Å². The maximum atomic E-state index is 7.65. The van der Waals surface area contributed by atoms with Gasteiger partial charge in [-0.1, -0.05) is 35.9 Å². The van der Waals surface area contributed by atoms with E-state index in [4.69, 9.17) is 23.1 Å². The van der Waals surface area contributed by atoms with Crippen molar-refractivity contribution in [2.45, 2.75) is 26.2 Å². The van der Waals surface area contributed by atoms with E-state index in [1.165, 1.54) is 11.1 Å². The standard InChI is InChI=1S/C9H10ClN2.C9H11N2.2Ac/c1-12-4-6-7(5-12)9(11)3-2-8(6)10;1-11-5-7-3-2-4-9(10)8(7)6-11;;/h2-3,11H,4-5H2,1H3;2-4,10H,5-6H2,1H3;;/q2*-1;;. The molecule has 2 heterocycles. The van der Waals surface area contributed by atoms with Crippen LogP contribution in [0.15, 0.2) is 30.3 Å². The van der Waals surface area contributed by atoms with Crippen molar-refractivity contribution >= 4 is 23.0 Å². The molecule has 4 rings (SSSR count). The molecule has 0 saturated carbocycles. The molecule has 0 aliphatic carbocycles. The number of hydrogen-bond acceptors (Lipinski definition) is 2. The molecule has 2 aliphatic rings. The second-order valence-corrected chi connectivity index (χ2v) is 6.75. The first kappa shape index (κ1) is 24.2. The van der Waals surface area contributed by atoms with Gasteiger partial charge in [0.15, 0.2) is 0 Å². The van der Waals surface area contributed by atoms with Crippen LogP contribution in [-0.2, 0) is 26.2 Å². The monoisotopic (exact) mass is 782 g/mol. The van der Waals surface area contributed by atoms with Crippen LogP contribution >= 0.6 is 11.6 Å². The largest absolute Gasteiger partial charge is 0.698 e. The molecule has 0 saturated heterocycles. The predicted molar refractivity (Wildman–Crippen MR) is 96.2 cm³/mol. The summed E-state index contributed by atoms with van der Waals surface area (Å²) < 4.78 is 0. The topological polar surface area (TPSA) is 54.1 Å². The second-order valence-electron chi connectivity index (χ2n) is 6.34. The molecule has 0 unspecified atom stereocenters. The molecule has 0 aromatic heterocycles. The van der Waals surface area contributed by atoms with Crippen LogP contribution in [0.25, 0.3) is 11.5 Å². The van der Waals surface area contributed by atoms with Crippen LogP contribution in [0.5, 0.6) is 0 Å². The number of nitrogens with zero attached hydrogens (tertiary/aromatic N) is 2. The number of halogens is 1. The summed E-state index contributed by atoms with van der Waals surface area (Å²) in [6, 6.07) is 9.50. The van der Waals surface area contributed by atoms with Crippen LogP contribution in [0.4, 0.5) is 11.4 Å². The molecule has 7 heteroatoms. The molecule has 0 atom stereocenters. The van der Waals surface area contributed by atoms with Crippen LogP contribution < -0.4 is 0 Å². The van der Waals surface area contributed by atoms with Gasteiger partial charge in [-0.2, -0.15) is 0 Å². The van der Waals surface area contributed by atoms with E-state index in [0.29, 0.717) is 11.4 Å². The van der Waals surface area contributed by atoms with E-state index >= 15 is 0 Å². The fraction of sp³-hybridized carbons (Fsp3) is 0.333. The second kappa shape index (κ2) is 10.6. The Kier molecular flexibility index (Phi) is 10.3. The van der Waals surface area contributed by atoms with E-state index in [1.54, 1.807) is 6.07 Å². The summed E-state index contributed by atoms with van der Waals surface area (Å²) in [6.07, 6.45) is 0. The Bertz CT molecular complexity index is 708. The fourth-order valence-corrected chi connectivity index (χ4v) is 3.43. The maximum Gasteiger partial charge on any atom is 0.0453 e. The Morgan fingerprint density at radius 2 is 1.32 bits per heavy atom. The summed E-state index contributed by atoms with van der Waals surface area (Å²) in [5, 5.41) is 0.797. The molecular formula is C18H21Ac2ClN4-2. The average molecular weight is 783 g/mol. The van der Waals surface area contributed by atoms with Crippen LogP contribution in [-0.4, -0.2) is 23.9 Å². The van der Waals surface area contributed by atoms with Gasteiger partial charge in [-0.15, -0.1) is 11.4 Å². The van der Waals surface area contributed by atoms with Crippen LogP contribution in [0.2, 0.25) is 5.02 Å². The maximum absolute atomic E-state index is 7.65. The van der Waals surface area contributed by atoms with Crippen molar-refractivity contribution in [2.75, 3.05) is 14.1 Å². The van der Waals surface area contributed by atoms with Gasteiger partial charge in [0.2, 0.25) is 0 Å². The van der Waals surface area contributed by atoms with Crippen molar-refractivity contribution in [1.82, 2.24) is 9.80 Å². The molecule has 25 heavy (non-hydrogen) atoms. The molecule has 2 aromatic rings. The molecule has 0 bridgehead atoms. The van der Waals surface area contributed by atoms with E-state index in [2.05, 4.69) is 22.9 Å². The first-order valence-corrected chi connectivity index (χ1v) is 8.05. The smallest absolute Gasteiger partial charge is 0.0453 e. The zero-order chi connectivity index (χ0) is 16.6. The van der Waals surface area contributed by atoms with E-state index in [9.17, 15) is 0 Å². The number of fused-ring (bicyclic) bond motifs is 2. The van der Waals surface area contributed by atoms with Gasteiger partial charge in [-0.25, -0.2) is 0 Å². The summed E-state index contributed by atoms with van der Waals surface area (Å²) >= 11 is 6.00. The van der Waals surface area contributed by atoms with Crippen LogP contribution in [0.3, 0.4) is 0 Å². The molecule has 0 fully saturated rings. The summed E-state index contributed by atoms with van der Waals surface area (Å²) in [4.78, 5) is 4.39. The summed E-state index contributed by atoms with van der Waals surface area (Å²) in [5.41, 5.74) is 21.3. The zero-order valence-corrected chi connectivity index (χ0v) is 24.9. The van der Waals surface area contributed by atoms with Crippen molar-refractivity contribution in [1.29, 1.82) is 0 Å². The third-order valence-electron chi connectivity index (χ3n) is 4.37. The van der Waals surface area contributed by atoms with Crippen LogP contribution in [0, 0.1) is 88.1 Å². The number of benzene rings is 2. The Balaban J connectivity index is 0.000000232. The molecule has 0 spiro atoms. The molecule has 2 aromatic carbocycles. The molecule has 2 N–H and O–H groups in total. The van der Waals surface area contributed by atoms with Gasteiger partial charge in [-0.3, -0.25) is 9.80 Å². The van der Waals surface area contributed by atoms with E-state index in [0.717, 1.165) is 42.3 Å². The van der Waals surface area contributed by atoms with Crippen molar-refractivity contribution in [2.24, 2.45) is 0 Å². The van der Waals surface area contributed by atoms with Gasteiger partial charge < -0.3 is 11.5 Å². The van der Waals surface area contributed by atoms with E-state index < -0.39 is 0 Å². The van der Waals surface area contributed by atoms with Crippen molar-refractivity contribution in [3.05, 3.63) is 69.1 Å². The minimum Gasteiger partial charge on any atom is -0.698 e. The molecule has 4 nitrogen and oxygen atoms in total. The molecule has 2 radical (unpaired) electrons. The first-order valence-electron chi connectivity index (χ1n) is 7.67. The Morgan fingerprint density at radius 1 is 0.760 bits per heavy atom. The predicted octanol–water partition coefficient (Wildman–Crippen LogP) is 5.28. The minimum absolute atomic E-state index is 0. The van der Waals surface area contributed by atoms with Gasteiger partial charge in [0.25, 0.3) is 0 Å². The minimum atomic E-state index is 0. The van der Waals surface area contributed by atoms with Gasteiger partial charge in [0.1, 0.15) is 0 Å². The van der Waals surface area contributed by atoms with Crippen molar-refractivity contribution < 1.29 is 88.1 Å². The van der Waals surface area contributed by atoms with Crippen molar-refractivity contribution in [3.63, 3.8) is 0 Å². The first-order chi connectivity index (χ1) is 11.0. The average Bonchev–Trinajstić information content (AvgIpc) is 3.08. The normalized spacial score (nSPS) is 15.3. The molecule has 2 aliphatic heterocycles. The van der Waals surface area contributed by atoms with Gasteiger partial charge in [-0.05, 0) is 42.4 Å². The Labute approximate surface area is 226 Å². The Morgan fingerprint density at radius 3 is 1.96 bits per heavy atom. The van der Waals surface area contributed by atoms with Gasteiger partial charge >= 0.3 is 0 Å². The molecule has 0 amide bonds. The van der Waals surface area contributed by atoms with E-state index in [1.807, 2.05) is 25.2 Å². The third kappa shape index (κ3) is 5.81. The summed E-state index contributed by atoms with van der Waals surface area (Å²) in [7, 11) is 4.12. The van der Waals surface area contributed by atoms with E-state index in [-0.39, 0.29) is 88.1 Å². The summed E-state index contributed by atoms with van der Waals surface area (Å²) in [6.45, 7) is 3.67. The zero-order valence-electron chi connectivity index (χ0n) is 14.6. The third-order valence-corrected chi connectivity index (χ3v) is 4.73. The number of rotatable bonds is 0.